The molecule has 21 heavy (non-hydrogen) atoms. The maximum atomic E-state index is 12.3. The van der Waals surface area contributed by atoms with Crippen LogP contribution in [0.2, 0.25) is 5.02 Å². The summed E-state index contributed by atoms with van der Waals surface area (Å²) in [5, 5.41) is 10.9. The molecule has 0 spiro atoms. The van der Waals surface area contributed by atoms with Crippen LogP contribution in [0.1, 0.15) is 33.6 Å². The highest BCUT2D eigenvalue weighted by atomic mass is 35.5. The van der Waals surface area contributed by atoms with Crippen LogP contribution in [-0.2, 0) is 13.6 Å². The first-order valence-electron chi connectivity index (χ1n) is 6.22. The molecule has 0 saturated heterocycles. The van der Waals surface area contributed by atoms with E-state index in [4.69, 9.17) is 17.3 Å². The van der Waals surface area contributed by atoms with E-state index in [9.17, 15) is 9.59 Å². The van der Waals surface area contributed by atoms with Crippen molar-refractivity contribution < 1.29 is 9.59 Å². The van der Waals surface area contributed by atoms with Crippen LogP contribution in [0, 0.1) is 6.92 Å². The smallest absolute Gasteiger partial charge is 0.275 e. The molecule has 8 nitrogen and oxygen atoms in total. The van der Waals surface area contributed by atoms with Gasteiger partial charge in [-0.25, -0.2) is 0 Å². The number of anilines is 1. The molecular formula is C12H15ClN6O2. The topological polar surface area (TPSA) is 108 Å². The fraction of sp³-hybridized carbons (Fsp3) is 0.333. The summed E-state index contributed by atoms with van der Waals surface area (Å²) >= 11 is 6.05. The summed E-state index contributed by atoms with van der Waals surface area (Å²) in [5.74, 6) is -1.20. The predicted octanol–water partition coefficient (Wildman–Crippen LogP) is 0.950. The molecule has 2 aromatic heterocycles. The number of halogens is 1. The zero-order valence-electron chi connectivity index (χ0n) is 11.8. The third kappa shape index (κ3) is 2.75. The predicted molar refractivity (Wildman–Crippen MR) is 77.3 cm³/mol. The van der Waals surface area contributed by atoms with Gasteiger partial charge in [0.25, 0.3) is 11.8 Å². The van der Waals surface area contributed by atoms with Crippen molar-refractivity contribution >= 4 is 29.1 Å². The van der Waals surface area contributed by atoms with Gasteiger partial charge in [0.1, 0.15) is 5.69 Å². The molecule has 2 heterocycles. The molecule has 0 atom stereocenters. The number of aromatic nitrogens is 4. The highest BCUT2D eigenvalue weighted by molar-refractivity contribution is 6.34. The summed E-state index contributed by atoms with van der Waals surface area (Å²) in [4.78, 5) is 23.7. The lowest BCUT2D eigenvalue weighted by molar-refractivity contribution is 0.0995. The summed E-state index contributed by atoms with van der Waals surface area (Å²) in [7, 11) is 1.61. The normalized spacial score (nSPS) is 10.7. The van der Waals surface area contributed by atoms with E-state index >= 15 is 0 Å². The van der Waals surface area contributed by atoms with E-state index in [1.165, 1.54) is 15.6 Å². The van der Waals surface area contributed by atoms with Crippen LogP contribution in [-0.4, -0.2) is 31.4 Å². The summed E-state index contributed by atoms with van der Waals surface area (Å²) in [5.41, 5.74) is 6.24. The van der Waals surface area contributed by atoms with Crippen molar-refractivity contribution in [3.05, 3.63) is 28.3 Å². The van der Waals surface area contributed by atoms with Crippen molar-refractivity contribution in [3.8, 4) is 0 Å². The molecule has 0 aliphatic carbocycles. The molecule has 2 amide bonds. The fourth-order valence-electron chi connectivity index (χ4n) is 1.92. The average molecular weight is 311 g/mol. The number of primary amides is 1. The Morgan fingerprint density at radius 3 is 2.57 bits per heavy atom. The van der Waals surface area contributed by atoms with Gasteiger partial charge in [0.15, 0.2) is 5.69 Å². The first-order valence-corrected chi connectivity index (χ1v) is 6.60. The minimum absolute atomic E-state index is 0.000197. The van der Waals surface area contributed by atoms with Gasteiger partial charge in [-0.15, -0.1) is 0 Å². The summed E-state index contributed by atoms with van der Waals surface area (Å²) in [6.45, 7) is 4.09. The molecule has 9 heteroatoms. The minimum Gasteiger partial charge on any atom is -0.364 e. The Balaban J connectivity index is 2.35. The van der Waals surface area contributed by atoms with E-state index in [1.54, 1.807) is 14.0 Å². The number of nitrogens with zero attached hydrogens (tertiary/aromatic N) is 4. The number of hydrogen-bond acceptors (Lipinski definition) is 4. The Morgan fingerprint density at radius 2 is 2.10 bits per heavy atom. The SMILES string of the molecule is CCn1cc(NC(=O)c2c(Cl)c(C)nn2C)c(C(N)=O)n1. The number of hydrogen-bond donors (Lipinski definition) is 2. The molecule has 0 aliphatic rings. The van der Waals surface area contributed by atoms with Crippen LogP contribution in [0.3, 0.4) is 0 Å². The number of nitrogens with one attached hydrogen (secondary N) is 1. The number of aryl methyl sites for hydroxylation is 3. The third-order valence-corrected chi connectivity index (χ3v) is 3.38. The van der Waals surface area contributed by atoms with E-state index < -0.39 is 11.8 Å². The van der Waals surface area contributed by atoms with Crippen molar-refractivity contribution in [2.45, 2.75) is 20.4 Å². The number of carbonyl (C=O) groups is 2. The van der Waals surface area contributed by atoms with Gasteiger partial charge < -0.3 is 11.1 Å². The quantitative estimate of drug-likeness (QED) is 0.876. The van der Waals surface area contributed by atoms with Crippen molar-refractivity contribution in [1.82, 2.24) is 19.6 Å². The van der Waals surface area contributed by atoms with E-state index in [-0.39, 0.29) is 22.1 Å². The largest absolute Gasteiger partial charge is 0.364 e. The van der Waals surface area contributed by atoms with Crippen molar-refractivity contribution in [3.63, 3.8) is 0 Å². The molecule has 0 fully saturated rings. The van der Waals surface area contributed by atoms with Gasteiger partial charge in [-0.05, 0) is 13.8 Å². The zero-order chi connectivity index (χ0) is 15.7. The van der Waals surface area contributed by atoms with Gasteiger partial charge in [-0.3, -0.25) is 19.0 Å². The molecule has 0 radical (unpaired) electrons. The van der Waals surface area contributed by atoms with Gasteiger partial charge in [0, 0.05) is 19.8 Å². The molecule has 0 bridgehead atoms. The van der Waals surface area contributed by atoms with Crippen molar-refractivity contribution in [2.75, 3.05) is 5.32 Å². The first-order chi connectivity index (χ1) is 9.85. The zero-order valence-corrected chi connectivity index (χ0v) is 12.6. The molecule has 112 valence electrons. The second-order valence-corrected chi connectivity index (χ2v) is 4.82. The van der Waals surface area contributed by atoms with Crippen LogP contribution in [0.15, 0.2) is 6.20 Å². The Kier molecular flexibility index (Phi) is 3.99. The minimum atomic E-state index is -0.718. The molecule has 2 aromatic rings. The van der Waals surface area contributed by atoms with Gasteiger partial charge in [0.05, 0.1) is 16.4 Å². The van der Waals surface area contributed by atoms with E-state index in [0.29, 0.717) is 12.2 Å². The van der Waals surface area contributed by atoms with Crippen LogP contribution in [0.25, 0.3) is 0 Å². The van der Waals surface area contributed by atoms with Gasteiger partial charge in [0.2, 0.25) is 0 Å². The van der Waals surface area contributed by atoms with Gasteiger partial charge in [-0.1, -0.05) is 11.6 Å². The van der Waals surface area contributed by atoms with Crippen LogP contribution in [0.4, 0.5) is 5.69 Å². The van der Waals surface area contributed by atoms with Crippen molar-refractivity contribution in [1.29, 1.82) is 0 Å². The Labute approximate surface area is 125 Å². The Morgan fingerprint density at radius 1 is 1.43 bits per heavy atom. The van der Waals surface area contributed by atoms with E-state index in [1.807, 2.05) is 6.92 Å². The average Bonchev–Trinajstić information content (AvgIpc) is 2.91. The molecule has 0 saturated carbocycles. The second kappa shape index (κ2) is 5.57. The maximum Gasteiger partial charge on any atom is 0.275 e. The Hall–Kier alpha value is -2.35. The fourth-order valence-corrected chi connectivity index (χ4v) is 2.16. The second-order valence-electron chi connectivity index (χ2n) is 4.44. The molecule has 0 aromatic carbocycles. The lowest BCUT2D eigenvalue weighted by Crippen LogP contribution is -2.20. The Bertz CT molecular complexity index is 718. The maximum absolute atomic E-state index is 12.3. The van der Waals surface area contributed by atoms with Crippen LogP contribution < -0.4 is 11.1 Å². The number of rotatable bonds is 4. The lowest BCUT2D eigenvalue weighted by atomic mass is 10.3. The van der Waals surface area contributed by atoms with Gasteiger partial charge >= 0.3 is 0 Å². The molecule has 0 aliphatic heterocycles. The van der Waals surface area contributed by atoms with Crippen molar-refractivity contribution in [2.24, 2.45) is 12.8 Å². The first kappa shape index (κ1) is 15.0. The summed E-state index contributed by atoms with van der Waals surface area (Å²) in [6, 6.07) is 0. The standard InChI is InChI=1S/C12H15ClN6O2/c1-4-19-5-7(9(17-19)11(14)20)15-12(21)10-8(13)6(2)16-18(10)3/h5H,4H2,1-3H3,(H2,14,20)(H,15,21). The third-order valence-electron chi connectivity index (χ3n) is 2.93. The molecule has 2 rings (SSSR count). The number of amides is 2. The van der Waals surface area contributed by atoms with Crippen LogP contribution in [0.5, 0.6) is 0 Å². The summed E-state index contributed by atoms with van der Waals surface area (Å²) < 4.78 is 2.88. The lowest BCUT2D eigenvalue weighted by Gasteiger charge is -2.04. The highest BCUT2D eigenvalue weighted by Crippen LogP contribution is 2.21. The van der Waals surface area contributed by atoms with Gasteiger partial charge in [-0.2, -0.15) is 10.2 Å². The number of nitrogens with two attached hydrogens (primary N) is 1. The molecule has 0 unspecified atom stereocenters. The van der Waals surface area contributed by atoms with Crippen LogP contribution >= 0.6 is 11.6 Å². The molecule has 3 N–H and O–H groups in total. The monoisotopic (exact) mass is 310 g/mol. The highest BCUT2D eigenvalue weighted by Gasteiger charge is 2.22. The molecular weight excluding hydrogens is 296 g/mol. The van der Waals surface area contributed by atoms with E-state index in [2.05, 4.69) is 15.5 Å². The van der Waals surface area contributed by atoms with E-state index in [0.717, 1.165) is 0 Å². The summed E-state index contributed by atoms with van der Waals surface area (Å²) in [6.07, 6.45) is 1.54. The number of carbonyl (C=O) groups excluding carboxylic acids is 2.